The minimum atomic E-state index is -4.44. The van der Waals surface area contributed by atoms with E-state index in [4.69, 9.17) is 0 Å². The highest BCUT2D eigenvalue weighted by atomic mass is 32.2. The molecule has 2 aromatic heterocycles. The van der Waals surface area contributed by atoms with Crippen LogP contribution >= 0.6 is 0 Å². The van der Waals surface area contributed by atoms with Gasteiger partial charge in [-0.25, -0.2) is 17.3 Å². The first-order valence-corrected chi connectivity index (χ1v) is 10.4. The van der Waals surface area contributed by atoms with E-state index in [2.05, 4.69) is 5.10 Å². The first-order valence-electron chi connectivity index (χ1n) is 8.97. The molecule has 0 unspecified atom stereocenters. The van der Waals surface area contributed by atoms with Gasteiger partial charge in [0.1, 0.15) is 5.82 Å². The van der Waals surface area contributed by atoms with Gasteiger partial charge in [0.25, 0.3) is 10.0 Å². The molecule has 0 saturated carbocycles. The number of hydrogen-bond acceptors (Lipinski definition) is 3. The van der Waals surface area contributed by atoms with Gasteiger partial charge in [-0.05, 0) is 54.1 Å². The van der Waals surface area contributed by atoms with Crippen molar-refractivity contribution in [2.24, 2.45) is 0 Å². The number of fused-ring (bicyclic) bond motifs is 1. The van der Waals surface area contributed by atoms with Gasteiger partial charge < -0.3 is 0 Å². The van der Waals surface area contributed by atoms with Crippen LogP contribution in [0.1, 0.15) is 5.56 Å². The molecule has 31 heavy (non-hydrogen) atoms. The molecule has 2 heterocycles. The van der Waals surface area contributed by atoms with Crippen molar-refractivity contribution < 1.29 is 26.0 Å². The second-order valence-corrected chi connectivity index (χ2v) is 8.74. The van der Waals surface area contributed by atoms with Crippen LogP contribution < -0.4 is 4.31 Å². The quantitative estimate of drug-likeness (QED) is 0.413. The number of benzene rings is 2. The Balaban J connectivity index is 1.74. The van der Waals surface area contributed by atoms with Crippen molar-refractivity contribution >= 4 is 21.2 Å². The molecular formula is C21H15F4N3O2S. The molecule has 0 aliphatic rings. The van der Waals surface area contributed by atoms with E-state index in [9.17, 15) is 26.0 Å². The number of alkyl halides is 3. The number of aromatic nitrogens is 2. The zero-order chi connectivity index (χ0) is 22.4. The third-order valence-electron chi connectivity index (χ3n) is 4.86. The van der Waals surface area contributed by atoms with Crippen LogP contribution in [0.15, 0.2) is 78.0 Å². The van der Waals surface area contributed by atoms with Crippen LogP contribution in [-0.2, 0) is 16.2 Å². The van der Waals surface area contributed by atoms with Crippen LogP contribution in [0, 0.1) is 5.82 Å². The smallest absolute Gasteiger partial charge is 0.269 e. The zero-order valence-corrected chi connectivity index (χ0v) is 16.8. The lowest BCUT2D eigenvalue weighted by molar-refractivity contribution is -0.137. The Hall–Kier alpha value is -3.40. The standard InChI is InChI=1S/C21H15F4N3O2S/c1-27(31(29,30)18-8-6-16(22)7-9-18)17-10-11-28-20(12-17)19(13-26-28)14-2-4-15(5-3-14)21(23,24)25/h2-13H,1H3. The number of anilines is 1. The maximum absolute atomic E-state index is 13.2. The number of sulfonamides is 1. The van der Waals surface area contributed by atoms with E-state index < -0.39 is 27.6 Å². The molecule has 0 atom stereocenters. The topological polar surface area (TPSA) is 54.7 Å². The maximum atomic E-state index is 13.2. The van der Waals surface area contributed by atoms with Gasteiger partial charge in [0.15, 0.2) is 0 Å². The highest BCUT2D eigenvalue weighted by Crippen LogP contribution is 2.33. The summed E-state index contributed by atoms with van der Waals surface area (Å²) in [6.07, 6.45) is -1.39. The summed E-state index contributed by atoms with van der Waals surface area (Å²) < 4.78 is 79.9. The largest absolute Gasteiger partial charge is 0.416 e. The summed E-state index contributed by atoms with van der Waals surface area (Å²) in [6, 6.07) is 12.2. The fraction of sp³-hybridized carbons (Fsp3) is 0.0952. The highest BCUT2D eigenvalue weighted by molar-refractivity contribution is 7.92. The van der Waals surface area contributed by atoms with Gasteiger partial charge in [0.2, 0.25) is 0 Å². The van der Waals surface area contributed by atoms with Crippen LogP contribution in [0.5, 0.6) is 0 Å². The Morgan fingerprint density at radius 1 is 0.968 bits per heavy atom. The molecule has 0 bridgehead atoms. The molecule has 160 valence electrons. The lowest BCUT2D eigenvalue weighted by atomic mass is 10.0. The zero-order valence-electron chi connectivity index (χ0n) is 16.0. The monoisotopic (exact) mass is 449 g/mol. The Bertz CT molecular complexity index is 1350. The average Bonchev–Trinajstić information content (AvgIpc) is 3.16. The van der Waals surface area contributed by atoms with E-state index >= 15 is 0 Å². The van der Waals surface area contributed by atoms with Crippen molar-refractivity contribution in [3.63, 3.8) is 0 Å². The second kappa shape index (κ2) is 7.38. The van der Waals surface area contributed by atoms with Gasteiger partial charge in [0.05, 0.1) is 27.9 Å². The lowest BCUT2D eigenvalue weighted by Crippen LogP contribution is -2.26. The Morgan fingerprint density at radius 3 is 2.23 bits per heavy atom. The fourth-order valence-corrected chi connectivity index (χ4v) is 4.32. The number of halogens is 4. The molecule has 0 amide bonds. The van der Waals surface area contributed by atoms with Crippen LogP contribution in [0.3, 0.4) is 0 Å². The van der Waals surface area contributed by atoms with Gasteiger partial charge in [-0.1, -0.05) is 12.1 Å². The first kappa shape index (κ1) is 20.9. The van der Waals surface area contributed by atoms with Crippen molar-refractivity contribution in [1.29, 1.82) is 0 Å². The van der Waals surface area contributed by atoms with E-state index in [0.717, 1.165) is 28.6 Å². The fourth-order valence-electron chi connectivity index (χ4n) is 3.13. The average molecular weight is 449 g/mol. The van der Waals surface area contributed by atoms with E-state index in [0.29, 0.717) is 22.3 Å². The van der Waals surface area contributed by atoms with Gasteiger partial charge in [0, 0.05) is 18.8 Å². The summed E-state index contributed by atoms with van der Waals surface area (Å²) in [5.41, 5.74) is 1.11. The summed E-state index contributed by atoms with van der Waals surface area (Å²) in [6.45, 7) is 0. The summed E-state index contributed by atoms with van der Waals surface area (Å²) in [5, 5.41) is 4.18. The van der Waals surface area contributed by atoms with Gasteiger partial charge in [-0.3, -0.25) is 4.31 Å². The van der Waals surface area contributed by atoms with Gasteiger partial charge in [-0.2, -0.15) is 18.3 Å². The molecule has 4 rings (SSSR count). The van der Waals surface area contributed by atoms with E-state index in [1.165, 1.54) is 48.1 Å². The predicted octanol–water partition coefficient (Wildman–Crippen LogP) is 4.98. The molecule has 10 heteroatoms. The Labute approximate surface area is 175 Å². The minimum Gasteiger partial charge on any atom is -0.269 e. The summed E-state index contributed by atoms with van der Waals surface area (Å²) in [4.78, 5) is -0.0762. The van der Waals surface area contributed by atoms with Crippen LogP contribution in [0.25, 0.3) is 16.6 Å². The van der Waals surface area contributed by atoms with Crippen molar-refractivity contribution in [2.45, 2.75) is 11.1 Å². The Morgan fingerprint density at radius 2 is 1.61 bits per heavy atom. The van der Waals surface area contributed by atoms with Gasteiger partial charge >= 0.3 is 6.18 Å². The third-order valence-corrected chi connectivity index (χ3v) is 6.66. The lowest BCUT2D eigenvalue weighted by Gasteiger charge is -2.20. The second-order valence-electron chi connectivity index (χ2n) is 6.77. The first-order chi connectivity index (χ1) is 14.6. The van der Waals surface area contributed by atoms with E-state index in [1.807, 2.05) is 0 Å². The molecule has 0 aliphatic heterocycles. The summed E-state index contributed by atoms with van der Waals surface area (Å²) >= 11 is 0. The molecule has 4 aromatic rings. The SMILES string of the molecule is CN(c1ccn2ncc(-c3ccc(C(F)(F)F)cc3)c2c1)S(=O)(=O)c1ccc(F)cc1. The maximum Gasteiger partial charge on any atom is 0.416 e. The molecule has 5 nitrogen and oxygen atoms in total. The predicted molar refractivity (Wildman–Crippen MR) is 108 cm³/mol. The van der Waals surface area contributed by atoms with Crippen molar-refractivity contribution in [3.8, 4) is 11.1 Å². The third kappa shape index (κ3) is 3.86. The molecule has 0 saturated heterocycles. The highest BCUT2D eigenvalue weighted by Gasteiger charge is 2.30. The molecular weight excluding hydrogens is 434 g/mol. The van der Waals surface area contributed by atoms with E-state index in [-0.39, 0.29) is 4.90 Å². The van der Waals surface area contributed by atoms with Gasteiger partial charge in [-0.15, -0.1) is 0 Å². The molecule has 0 N–H and O–H groups in total. The molecule has 0 aliphatic carbocycles. The molecule has 0 radical (unpaired) electrons. The minimum absolute atomic E-state index is 0.0762. The van der Waals surface area contributed by atoms with Crippen LogP contribution in [0.4, 0.5) is 23.2 Å². The van der Waals surface area contributed by atoms with Crippen molar-refractivity contribution in [2.75, 3.05) is 11.4 Å². The van der Waals surface area contributed by atoms with Crippen molar-refractivity contribution in [3.05, 3.63) is 84.4 Å². The molecule has 0 spiro atoms. The number of hydrogen-bond donors (Lipinski definition) is 0. The Kier molecular flexibility index (Phi) is 4.97. The normalized spacial score (nSPS) is 12.3. The summed E-state index contributed by atoms with van der Waals surface area (Å²) in [7, 11) is -2.59. The molecule has 0 fully saturated rings. The van der Waals surface area contributed by atoms with Crippen LogP contribution in [0.2, 0.25) is 0 Å². The molecule has 2 aromatic carbocycles. The number of rotatable bonds is 4. The van der Waals surface area contributed by atoms with E-state index in [1.54, 1.807) is 12.3 Å². The summed E-state index contributed by atoms with van der Waals surface area (Å²) in [5.74, 6) is -0.552. The number of pyridine rings is 1. The van der Waals surface area contributed by atoms with Crippen molar-refractivity contribution in [1.82, 2.24) is 9.61 Å². The van der Waals surface area contributed by atoms with Crippen LogP contribution in [-0.4, -0.2) is 25.1 Å². The number of nitrogens with zero attached hydrogens (tertiary/aromatic N) is 3.